The van der Waals surface area contributed by atoms with Crippen molar-refractivity contribution in [3.05, 3.63) is 62.1 Å². The van der Waals surface area contributed by atoms with Gasteiger partial charge in [-0.15, -0.1) is 0 Å². The average Bonchev–Trinajstić information content (AvgIpc) is 2.48. The molecule has 0 saturated heterocycles. The van der Waals surface area contributed by atoms with Crippen LogP contribution in [-0.2, 0) is 0 Å². The van der Waals surface area contributed by atoms with Crippen LogP contribution in [0.3, 0.4) is 0 Å². The maximum absolute atomic E-state index is 10.5. The fourth-order valence-corrected chi connectivity index (χ4v) is 2.24. The molecule has 2 aromatic carbocycles. The van der Waals surface area contributed by atoms with Crippen molar-refractivity contribution in [3.8, 4) is 5.75 Å². The van der Waals surface area contributed by atoms with E-state index in [1.807, 2.05) is 12.1 Å². The molecule has 0 amide bonds. The number of anilines is 1. The molecule has 1 N–H and O–H groups in total. The zero-order valence-electron chi connectivity index (χ0n) is 10.9. The molecule has 0 radical (unpaired) electrons. The second kappa shape index (κ2) is 7.28. The van der Waals surface area contributed by atoms with Crippen LogP contribution < -0.4 is 10.1 Å². The average molecular weight is 372 g/mol. The molecule has 5 nitrogen and oxygen atoms in total. The van der Waals surface area contributed by atoms with Crippen LogP contribution in [0.1, 0.15) is 0 Å². The number of nitrogens with one attached hydrogen (secondary N) is 1. The molecule has 2 aromatic rings. The Morgan fingerprint density at radius 1 is 1.24 bits per heavy atom. The van der Waals surface area contributed by atoms with Gasteiger partial charge in [0.2, 0.25) is 0 Å². The maximum Gasteiger partial charge on any atom is 0.269 e. The third-order valence-corrected chi connectivity index (χ3v) is 4.08. The van der Waals surface area contributed by atoms with Crippen molar-refractivity contribution in [2.75, 3.05) is 18.5 Å². The molecule has 0 heterocycles. The molecular formula is C14H12BrClN2O3. The Bertz CT molecular complexity index is 635. The molecule has 0 bridgehead atoms. The second-order valence-corrected chi connectivity index (χ2v) is 5.33. The highest BCUT2D eigenvalue weighted by atomic mass is 79.9. The lowest BCUT2D eigenvalue weighted by Gasteiger charge is -2.10. The molecule has 0 saturated carbocycles. The maximum atomic E-state index is 10.5. The van der Waals surface area contributed by atoms with Crippen LogP contribution in [0, 0.1) is 10.1 Å². The van der Waals surface area contributed by atoms with Crippen LogP contribution in [0.15, 0.2) is 46.9 Å². The van der Waals surface area contributed by atoms with Crippen molar-refractivity contribution in [2.45, 2.75) is 0 Å². The van der Waals surface area contributed by atoms with Gasteiger partial charge in [0, 0.05) is 18.7 Å². The Labute approximate surface area is 135 Å². The summed E-state index contributed by atoms with van der Waals surface area (Å²) in [6.07, 6.45) is 0. The number of nitro benzene ring substituents is 1. The van der Waals surface area contributed by atoms with Crippen molar-refractivity contribution >= 4 is 38.9 Å². The fourth-order valence-electron chi connectivity index (χ4n) is 1.66. The predicted molar refractivity (Wildman–Crippen MR) is 86.2 cm³/mol. The molecule has 0 aliphatic rings. The fraction of sp³-hybridized carbons (Fsp3) is 0.143. The lowest BCUT2D eigenvalue weighted by Crippen LogP contribution is -2.11. The van der Waals surface area contributed by atoms with E-state index in [0.717, 1.165) is 10.2 Å². The summed E-state index contributed by atoms with van der Waals surface area (Å²) in [5, 5.41) is 14.4. The Kier molecular flexibility index (Phi) is 5.41. The Morgan fingerprint density at radius 2 is 1.95 bits per heavy atom. The molecule has 0 fully saturated rings. The lowest BCUT2D eigenvalue weighted by molar-refractivity contribution is -0.384. The molecule has 0 aliphatic carbocycles. The van der Waals surface area contributed by atoms with Crippen molar-refractivity contribution in [3.63, 3.8) is 0 Å². The summed E-state index contributed by atoms with van der Waals surface area (Å²) in [6.45, 7) is 1.01. The summed E-state index contributed by atoms with van der Waals surface area (Å²) in [7, 11) is 0. The number of nitrogens with zero attached hydrogens (tertiary/aromatic N) is 1. The van der Waals surface area contributed by atoms with Gasteiger partial charge in [-0.25, -0.2) is 0 Å². The van der Waals surface area contributed by atoms with Crippen molar-refractivity contribution < 1.29 is 9.66 Å². The predicted octanol–water partition coefficient (Wildman–Crippen LogP) is 4.50. The first kappa shape index (κ1) is 15.6. The first-order valence-corrected chi connectivity index (χ1v) is 7.30. The molecule has 0 unspecified atom stereocenters. The molecule has 2 rings (SSSR count). The number of hydrogen-bond acceptors (Lipinski definition) is 4. The lowest BCUT2D eigenvalue weighted by atomic mass is 10.3. The van der Waals surface area contributed by atoms with E-state index in [0.29, 0.717) is 23.9 Å². The molecular weight excluding hydrogens is 360 g/mol. The first-order valence-electron chi connectivity index (χ1n) is 6.13. The van der Waals surface area contributed by atoms with Crippen LogP contribution in [0.4, 0.5) is 11.4 Å². The van der Waals surface area contributed by atoms with Gasteiger partial charge in [-0.1, -0.05) is 17.7 Å². The van der Waals surface area contributed by atoms with Crippen LogP contribution in [0.2, 0.25) is 5.02 Å². The summed E-state index contributed by atoms with van der Waals surface area (Å²) < 4.78 is 6.31. The Hall–Kier alpha value is -1.79. The van der Waals surface area contributed by atoms with Gasteiger partial charge in [0.1, 0.15) is 12.4 Å². The number of halogens is 2. The van der Waals surface area contributed by atoms with Crippen LogP contribution >= 0.6 is 27.5 Å². The molecule has 0 aliphatic heterocycles. The third kappa shape index (κ3) is 4.34. The molecule has 110 valence electrons. The SMILES string of the molecule is O=[N+]([O-])c1ccc(OCCNc2cccc(Cl)c2Br)cc1. The highest BCUT2D eigenvalue weighted by molar-refractivity contribution is 9.10. The van der Waals surface area contributed by atoms with Crippen molar-refractivity contribution in [1.82, 2.24) is 0 Å². The van der Waals surface area contributed by atoms with E-state index >= 15 is 0 Å². The number of ether oxygens (including phenoxy) is 1. The van der Waals surface area contributed by atoms with Gasteiger partial charge in [-0.05, 0) is 40.2 Å². The van der Waals surface area contributed by atoms with Crippen molar-refractivity contribution in [2.24, 2.45) is 0 Å². The number of hydrogen-bond donors (Lipinski definition) is 1. The van der Waals surface area contributed by atoms with E-state index in [1.54, 1.807) is 18.2 Å². The summed E-state index contributed by atoms with van der Waals surface area (Å²) >= 11 is 9.39. The molecule has 21 heavy (non-hydrogen) atoms. The van der Waals surface area contributed by atoms with Gasteiger partial charge in [-0.3, -0.25) is 10.1 Å². The van der Waals surface area contributed by atoms with Gasteiger partial charge in [0.05, 0.1) is 20.1 Å². The van der Waals surface area contributed by atoms with Crippen LogP contribution in [0.5, 0.6) is 5.75 Å². The van der Waals surface area contributed by atoms with E-state index in [2.05, 4.69) is 21.2 Å². The minimum Gasteiger partial charge on any atom is -0.492 e. The number of nitro groups is 1. The van der Waals surface area contributed by atoms with Crippen molar-refractivity contribution in [1.29, 1.82) is 0 Å². The van der Waals surface area contributed by atoms with Crippen LogP contribution in [0.25, 0.3) is 0 Å². The summed E-state index contributed by atoms with van der Waals surface area (Å²) in [5.74, 6) is 0.590. The monoisotopic (exact) mass is 370 g/mol. The van der Waals surface area contributed by atoms with Gasteiger partial charge in [0.25, 0.3) is 5.69 Å². The molecule has 0 spiro atoms. The third-order valence-electron chi connectivity index (χ3n) is 2.69. The number of non-ortho nitro benzene ring substituents is 1. The first-order chi connectivity index (χ1) is 10.1. The molecule has 0 atom stereocenters. The quantitative estimate of drug-likeness (QED) is 0.461. The zero-order valence-corrected chi connectivity index (χ0v) is 13.2. The second-order valence-electron chi connectivity index (χ2n) is 4.13. The topological polar surface area (TPSA) is 64.4 Å². The summed E-state index contributed by atoms with van der Waals surface area (Å²) in [6, 6.07) is 11.5. The van der Waals surface area contributed by atoms with Gasteiger partial charge < -0.3 is 10.1 Å². The number of rotatable bonds is 6. The highest BCUT2D eigenvalue weighted by Gasteiger charge is 2.05. The molecule has 7 heteroatoms. The van der Waals surface area contributed by atoms with Gasteiger partial charge in [-0.2, -0.15) is 0 Å². The van der Waals surface area contributed by atoms with Gasteiger partial charge in [0.15, 0.2) is 0 Å². The Morgan fingerprint density at radius 3 is 2.62 bits per heavy atom. The minimum atomic E-state index is -0.442. The minimum absolute atomic E-state index is 0.0448. The highest BCUT2D eigenvalue weighted by Crippen LogP contribution is 2.29. The molecule has 0 aromatic heterocycles. The summed E-state index contributed by atoms with van der Waals surface area (Å²) in [5.41, 5.74) is 0.929. The number of benzene rings is 2. The van der Waals surface area contributed by atoms with E-state index < -0.39 is 4.92 Å². The summed E-state index contributed by atoms with van der Waals surface area (Å²) in [4.78, 5) is 10.1. The smallest absolute Gasteiger partial charge is 0.269 e. The normalized spacial score (nSPS) is 10.2. The largest absolute Gasteiger partial charge is 0.492 e. The van der Waals surface area contributed by atoms with E-state index in [4.69, 9.17) is 16.3 Å². The standard InChI is InChI=1S/C14H12BrClN2O3/c15-14-12(16)2-1-3-13(14)17-8-9-21-11-6-4-10(5-7-11)18(19)20/h1-7,17H,8-9H2. The van der Waals surface area contributed by atoms with Crippen LogP contribution in [-0.4, -0.2) is 18.1 Å². The van der Waals surface area contributed by atoms with E-state index in [-0.39, 0.29) is 5.69 Å². The van der Waals surface area contributed by atoms with Gasteiger partial charge >= 0.3 is 0 Å². The van der Waals surface area contributed by atoms with E-state index in [9.17, 15) is 10.1 Å². The Balaban J connectivity index is 1.82. The van der Waals surface area contributed by atoms with E-state index in [1.165, 1.54) is 12.1 Å². The zero-order chi connectivity index (χ0) is 15.2.